The highest BCUT2D eigenvalue weighted by atomic mass is 16.5. The van der Waals surface area contributed by atoms with E-state index in [1.54, 1.807) is 0 Å². The molecule has 1 saturated heterocycles. The van der Waals surface area contributed by atoms with Crippen LogP contribution in [0.4, 0.5) is 0 Å². The van der Waals surface area contributed by atoms with E-state index in [9.17, 15) is 4.79 Å². The Morgan fingerprint density at radius 1 is 1.09 bits per heavy atom. The summed E-state index contributed by atoms with van der Waals surface area (Å²) >= 11 is 0. The zero-order chi connectivity index (χ0) is 16.3. The van der Waals surface area contributed by atoms with E-state index in [1.165, 1.54) is 0 Å². The fraction of sp³-hybridized carbons (Fsp3) is 0.421. The third-order valence-corrected chi connectivity index (χ3v) is 3.27. The molecule has 0 radical (unpaired) electrons. The predicted molar refractivity (Wildman–Crippen MR) is 92.5 cm³/mol. The summed E-state index contributed by atoms with van der Waals surface area (Å²) in [7, 11) is 0. The Hall–Kier alpha value is -2.03. The SMILES string of the molecule is C.C=C1OC(=O)/C(=C(\C)c2cc(C)oc2C)C1=C(C)C.CC. The number of esters is 1. The summed E-state index contributed by atoms with van der Waals surface area (Å²) in [4.78, 5) is 12.0. The summed E-state index contributed by atoms with van der Waals surface area (Å²) in [5.74, 6) is 1.73. The van der Waals surface area contributed by atoms with Gasteiger partial charge in [-0.2, -0.15) is 0 Å². The number of cyclic esters (lactones) is 1. The van der Waals surface area contributed by atoms with Crippen LogP contribution in [0.15, 0.2) is 39.5 Å². The molecule has 1 fully saturated rings. The maximum atomic E-state index is 12.0. The summed E-state index contributed by atoms with van der Waals surface area (Å²) in [5.41, 5.74) is 4.23. The second-order valence-electron chi connectivity index (χ2n) is 5.01. The maximum absolute atomic E-state index is 12.0. The van der Waals surface area contributed by atoms with Crippen LogP contribution < -0.4 is 0 Å². The minimum Gasteiger partial charge on any atom is -0.466 e. The molecule has 0 N–H and O–H groups in total. The van der Waals surface area contributed by atoms with Crippen LogP contribution in [-0.4, -0.2) is 5.97 Å². The molecule has 1 aromatic heterocycles. The summed E-state index contributed by atoms with van der Waals surface area (Å²) in [6.45, 7) is 17.4. The van der Waals surface area contributed by atoms with Crippen molar-refractivity contribution in [3.63, 3.8) is 0 Å². The standard InChI is InChI=1S/C16H18O3.C2H6.CH4/c1-8(2)14-12(6)19-16(17)15(14)10(4)13-7-9(3)18-11(13)5;1-2;/h7H,6H2,1-5H3;1-2H3;1H4/b15-10+;;. The van der Waals surface area contributed by atoms with Gasteiger partial charge in [0.15, 0.2) is 0 Å². The number of ether oxygens (including phenoxy) is 1. The second kappa shape index (κ2) is 7.83. The van der Waals surface area contributed by atoms with Crippen LogP contribution >= 0.6 is 0 Å². The fourth-order valence-electron chi connectivity index (χ4n) is 2.46. The van der Waals surface area contributed by atoms with Crippen molar-refractivity contribution >= 4 is 11.5 Å². The van der Waals surface area contributed by atoms with Crippen LogP contribution in [0.25, 0.3) is 5.57 Å². The van der Waals surface area contributed by atoms with Crippen LogP contribution in [0.2, 0.25) is 0 Å². The average molecular weight is 304 g/mol. The van der Waals surface area contributed by atoms with Gasteiger partial charge in [0.2, 0.25) is 0 Å². The van der Waals surface area contributed by atoms with Crippen molar-refractivity contribution in [3.05, 3.63) is 52.2 Å². The van der Waals surface area contributed by atoms with E-state index in [0.717, 1.165) is 33.8 Å². The molecule has 2 rings (SSSR count). The van der Waals surface area contributed by atoms with Gasteiger partial charge in [-0.05, 0) is 46.3 Å². The number of allylic oxidation sites excluding steroid dienone is 3. The first kappa shape index (κ1) is 20.0. The molecule has 1 aliphatic rings. The first-order valence-electron chi connectivity index (χ1n) is 7.20. The number of aryl methyl sites for hydroxylation is 2. The lowest BCUT2D eigenvalue weighted by Gasteiger charge is -2.05. The van der Waals surface area contributed by atoms with Gasteiger partial charge in [-0.3, -0.25) is 0 Å². The lowest BCUT2D eigenvalue weighted by Crippen LogP contribution is -1.99. The monoisotopic (exact) mass is 304 g/mol. The van der Waals surface area contributed by atoms with Crippen molar-refractivity contribution in [2.45, 2.75) is 55.9 Å². The van der Waals surface area contributed by atoms with Crippen molar-refractivity contribution in [2.75, 3.05) is 0 Å². The lowest BCUT2D eigenvalue weighted by atomic mass is 9.94. The van der Waals surface area contributed by atoms with Crippen LogP contribution in [0, 0.1) is 13.8 Å². The molecule has 22 heavy (non-hydrogen) atoms. The van der Waals surface area contributed by atoms with Crippen molar-refractivity contribution in [3.8, 4) is 0 Å². The quantitative estimate of drug-likeness (QED) is 0.490. The molecule has 0 aliphatic carbocycles. The molecule has 0 unspecified atom stereocenters. The van der Waals surface area contributed by atoms with Gasteiger partial charge in [0, 0.05) is 11.1 Å². The van der Waals surface area contributed by atoms with Gasteiger partial charge in [0.25, 0.3) is 0 Å². The molecule has 3 heteroatoms. The van der Waals surface area contributed by atoms with Crippen LogP contribution in [-0.2, 0) is 9.53 Å². The molecule has 1 aliphatic heterocycles. The third kappa shape index (κ3) is 3.59. The summed E-state index contributed by atoms with van der Waals surface area (Å²) in [5, 5.41) is 0. The van der Waals surface area contributed by atoms with E-state index in [1.807, 2.05) is 54.5 Å². The van der Waals surface area contributed by atoms with Gasteiger partial charge in [0.05, 0.1) is 5.57 Å². The molecule has 0 amide bonds. The highest BCUT2D eigenvalue weighted by Crippen LogP contribution is 2.38. The number of carbonyl (C=O) groups is 1. The Balaban J connectivity index is 0.00000141. The fourth-order valence-corrected chi connectivity index (χ4v) is 2.46. The first-order valence-corrected chi connectivity index (χ1v) is 7.20. The number of hydrogen-bond acceptors (Lipinski definition) is 3. The molecule has 0 saturated carbocycles. The highest BCUT2D eigenvalue weighted by molar-refractivity contribution is 6.07. The van der Waals surface area contributed by atoms with Crippen molar-refractivity contribution < 1.29 is 13.9 Å². The molecule has 1 aromatic rings. The number of furan rings is 1. The van der Waals surface area contributed by atoms with Gasteiger partial charge in [-0.15, -0.1) is 0 Å². The van der Waals surface area contributed by atoms with Crippen LogP contribution in [0.3, 0.4) is 0 Å². The number of carbonyl (C=O) groups excluding carboxylic acids is 1. The van der Waals surface area contributed by atoms with E-state index in [4.69, 9.17) is 9.15 Å². The Morgan fingerprint density at radius 3 is 2.05 bits per heavy atom. The van der Waals surface area contributed by atoms with E-state index in [-0.39, 0.29) is 13.4 Å². The van der Waals surface area contributed by atoms with Crippen LogP contribution in [0.5, 0.6) is 0 Å². The van der Waals surface area contributed by atoms with E-state index < -0.39 is 0 Å². The van der Waals surface area contributed by atoms with Gasteiger partial charge in [-0.25, -0.2) is 4.79 Å². The Labute approximate surface area is 134 Å². The van der Waals surface area contributed by atoms with E-state index in [0.29, 0.717) is 11.3 Å². The smallest absolute Gasteiger partial charge is 0.344 e. The minimum atomic E-state index is -0.336. The van der Waals surface area contributed by atoms with E-state index in [2.05, 4.69) is 6.58 Å². The molecule has 0 aromatic carbocycles. The second-order valence-corrected chi connectivity index (χ2v) is 5.01. The zero-order valence-corrected chi connectivity index (χ0v) is 14.0. The van der Waals surface area contributed by atoms with Gasteiger partial charge < -0.3 is 9.15 Å². The molecule has 2 heterocycles. The molecule has 3 nitrogen and oxygen atoms in total. The lowest BCUT2D eigenvalue weighted by molar-refractivity contribution is -0.132. The molecular weight excluding hydrogens is 276 g/mol. The normalized spacial score (nSPS) is 15.7. The first-order chi connectivity index (χ1) is 9.82. The molecule has 0 spiro atoms. The largest absolute Gasteiger partial charge is 0.466 e. The topological polar surface area (TPSA) is 39.4 Å². The summed E-state index contributed by atoms with van der Waals surface area (Å²) in [6.07, 6.45) is 0. The summed E-state index contributed by atoms with van der Waals surface area (Å²) in [6, 6.07) is 1.94. The predicted octanol–water partition coefficient (Wildman–Crippen LogP) is 5.74. The third-order valence-electron chi connectivity index (χ3n) is 3.27. The highest BCUT2D eigenvalue weighted by Gasteiger charge is 2.32. The Morgan fingerprint density at radius 2 is 1.64 bits per heavy atom. The van der Waals surface area contributed by atoms with Gasteiger partial charge in [-0.1, -0.05) is 33.4 Å². The zero-order valence-electron chi connectivity index (χ0n) is 14.0. The van der Waals surface area contributed by atoms with Gasteiger partial charge in [0.1, 0.15) is 17.3 Å². The van der Waals surface area contributed by atoms with Crippen molar-refractivity contribution in [2.24, 2.45) is 0 Å². The van der Waals surface area contributed by atoms with E-state index >= 15 is 0 Å². The van der Waals surface area contributed by atoms with Crippen molar-refractivity contribution in [1.82, 2.24) is 0 Å². The summed E-state index contributed by atoms with van der Waals surface area (Å²) < 4.78 is 10.7. The number of hydrogen-bond donors (Lipinski definition) is 0. The van der Waals surface area contributed by atoms with Crippen molar-refractivity contribution in [1.29, 1.82) is 0 Å². The molecule has 0 atom stereocenters. The Bertz CT molecular complexity index is 636. The molecule has 0 bridgehead atoms. The molecule has 122 valence electrons. The maximum Gasteiger partial charge on any atom is 0.344 e. The minimum absolute atomic E-state index is 0. The Kier molecular flexibility index (Phi) is 7.11. The van der Waals surface area contributed by atoms with Crippen LogP contribution in [0.1, 0.15) is 59.1 Å². The molecular formula is C19H28O3. The van der Waals surface area contributed by atoms with Gasteiger partial charge >= 0.3 is 5.97 Å². The average Bonchev–Trinajstić information content (AvgIpc) is 2.90. The number of rotatable bonds is 1.